The minimum absolute atomic E-state index is 0.125. The lowest BCUT2D eigenvalue weighted by atomic mass is 10.1. The van der Waals surface area contributed by atoms with Crippen LogP contribution in [0.1, 0.15) is 24.5 Å². The van der Waals surface area contributed by atoms with Crippen LogP contribution in [0, 0.1) is 13.8 Å². The van der Waals surface area contributed by atoms with Crippen LogP contribution in [0.15, 0.2) is 60.7 Å². The molecule has 0 bridgehead atoms. The number of carbonyl (C=O) groups excluding carboxylic acids is 1. The minimum atomic E-state index is -0.526. The molecule has 1 amide bonds. The normalized spacial score (nSPS) is 11.8. The third-order valence-electron chi connectivity index (χ3n) is 4.67. The summed E-state index contributed by atoms with van der Waals surface area (Å²) in [6, 6.07) is 20.1. The van der Waals surface area contributed by atoms with Crippen molar-refractivity contribution in [3.63, 3.8) is 0 Å². The summed E-state index contributed by atoms with van der Waals surface area (Å²) < 4.78 is 11.7. The molecule has 0 aliphatic carbocycles. The maximum Gasteiger partial charge on any atom is 0.261 e. The molecule has 3 aromatic rings. The first kappa shape index (κ1) is 19.7. The Hall–Kier alpha value is -3.01. The van der Waals surface area contributed by atoms with Crippen molar-refractivity contribution >= 4 is 16.7 Å². The van der Waals surface area contributed by atoms with E-state index in [0.29, 0.717) is 25.3 Å². The third-order valence-corrected chi connectivity index (χ3v) is 4.67. The molecule has 0 heterocycles. The smallest absolute Gasteiger partial charge is 0.261 e. The SMILES string of the molecule is CC[C@@H](Oc1ccc2ccccc2c1)C(=O)NCCOc1cc(C)ccc1C. The van der Waals surface area contributed by atoms with Crippen molar-refractivity contribution in [2.24, 2.45) is 0 Å². The Kier molecular flexibility index (Phi) is 6.53. The molecule has 0 aliphatic heterocycles. The maximum atomic E-state index is 12.5. The number of fused-ring (bicyclic) bond motifs is 1. The van der Waals surface area contributed by atoms with Gasteiger partial charge in [0.15, 0.2) is 6.10 Å². The fourth-order valence-corrected chi connectivity index (χ4v) is 3.04. The Morgan fingerprint density at radius 1 is 1.00 bits per heavy atom. The summed E-state index contributed by atoms with van der Waals surface area (Å²) in [6.45, 7) is 6.84. The second-order valence-electron chi connectivity index (χ2n) is 6.93. The number of nitrogens with one attached hydrogen (secondary N) is 1. The van der Waals surface area contributed by atoms with Crippen molar-refractivity contribution in [2.45, 2.75) is 33.3 Å². The van der Waals surface area contributed by atoms with Gasteiger partial charge in [0.1, 0.15) is 18.1 Å². The number of hydrogen-bond acceptors (Lipinski definition) is 3. The van der Waals surface area contributed by atoms with Crippen LogP contribution < -0.4 is 14.8 Å². The molecule has 4 heteroatoms. The minimum Gasteiger partial charge on any atom is -0.491 e. The molecule has 28 heavy (non-hydrogen) atoms. The number of ether oxygens (including phenoxy) is 2. The third kappa shape index (κ3) is 5.03. The van der Waals surface area contributed by atoms with Crippen LogP contribution in [0.3, 0.4) is 0 Å². The van der Waals surface area contributed by atoms with E-state index in [2.05, 4.69) is 17.4 Å². The average Bonchev–Trinajstić information content (AvgIpc) is 2.71. The van der Waals surface area contributed by atoms with Crippen LogP contribution >= 0.6 is 0 Å². The van der Waals surface area contributed by atoms with Crippen molar-refractivity contribution in [3.8, 4) is 11.5 Å². The second-order valence-corrected chi connectivity index (χ2v) is 6.93. The zero-order valence-corrected chi connectivity index (χ0v) is 16.7. The van der Waals surface area contributed by atoms with Crippen LogP contribution in [0.2, 0.25) is 0 Å². The van der Waals surface area contributed by atoms with Crippen molar-refractivity contribution in [1.29, 1.82) is 0 Å². The summed E-state index contributed by atoms with van der Waals surface area (Å²) in [6.07, 6.45) is 0.0677. The molecule has 0 aliphatic rings. The molecule has 0 unspecified atom stereocenters. The molecule has 146 valence electrons. The highest BCUT2D eigenvalue weighted by Crippen LogP contribution is 2.22. The zero-order valence-electron chi connectivity index (χ0n) is 16.7. The van der Waals surface area contributed by atoms with Crippen molar-refractivity contribution in [1.82, 2.24) is 5.32 Å². The predicted octanol–water partition coefficient (Wildman–Crippen LogP) is 4.81. The van der Waals surface area contributed by atoms with Gasteiger partial charge in [0, 0.05) is 0 Å². The molecule has 1 atom stereocenters. The number of amides is 1. The summed E-state index contributed by atoms with van der Waals surface area (Å²) in [5.41, 5.74) is 2.24. The summed E-state index contributed by atoms with van der Waals surface area (Å²) in [7, 11) is 0. The highest BCUT2D eigenvalue weighted by molar-refractivity contribution is 5.84. The summed E-state index contributed by atoms with van der Waals surface area (Å²) in [5.74, 6) is 1.43. The number of hydrogen-bond donors (Lipinski definition) is 1. The lowest BCUT2D eigenvalue weighted by molar-refractivity contribution is -0.128. The van der Waals surface area contributed by atoms with E-state index in [0.717, 1.165) is 27.6 Å². The van der Waals surface area contributed by atoms with Gasteiger partial charge in [-0.05, 0) is 60.4 Å². The molecule has 0 fully saturated rings. The molecule has 1 N–H and O–H groups in total. The summed E-state index contributed by atoms with van der Waals surface area (Å²) in [5, 5.41) is 5.15. The van der Waals surface area contributed by atoms with Crippen LogP contribution in [-0.2, 0) is 4.79 Å². The second kappa shape index (κ2) is 9.27. The van der Waals surface area contributed by atoms with Gasteiger partial charge in [-0.1, -0.05) is 49.4 Å². The Bertz CT molecular complexity index is 951. The van der Waals surface area contributed by atoms with Gasteiger partial charge in [-0.3, -0.25) is 4.79 Å². The number of carbonyl (C=O) groups is 1. The Labute approximate surface area is 166 Å². The molecule has 0 saturated carbocycles. The largest absolute Gasteiger partial charge is 0.491 e. The van der Waals surface area contributed by atoms with Crippen LogP contribution in [0.25, 0.3) is 10.8 Å². The maximum absolute atomic E-state index is 12.5. The molecule has 4 nitrogen and oxygen atoms in total. The van der Waals surface area contributed by atoms with E-state index in [1.807, 2.05) is 69.3 Å². The fraction of sp³-hybridized carbons (Fsp3) is 0.292. The van der Waals surface area contributed by atoms with Crippen LogP contribution in [-0.4, -0.2) is 25.2 Å². The summed E-state index contributed by atoms with van der Waals surface area (Å²) in [4.78, 5) is 12.5. The van der Waals surface area contributed by atoms with Gasteiger partial charge in [-0.2, -0.15) is 0 Å². The number of aryl methyl sites for hydroxylation is 2. The van der Waals surface area contributed by atoms with E-state index in [1.54, 1.807) is 0 Å². The fourth-order valence-electron chi connectivity index (χ4n) is 3.04. The average molecular weight is 377 g/mol. The predicted molar refractivity (Wildman–Crippen MR) is 113 cm³/mol. The lowest BCUT2D eigenvalue weighted by Crippen LogP contribution is -2.39. The van der Waals surface area contributed by atoms with Gasteiger partial charge in [-0.15, -0.1) is 0 Å². The summed E-state index contributed by atoms with van der Waals surface area (Å²) >= 11 is 0. The first-order chi connectivity index (χ1) is 13.6. The molecule has 0 radical (unpaired) electrons. The van der Waals surface area contributed by atoms with Gasteiger partial charge in [-0.25, -0.2) is 0 Å². The quantitative estimate of drug-likeness (QED) is 0.573. The molecular formula is C24H27NO3. The highest BCUT2D eigenvalue weighted by atomic mass is 16.5. The highest BCUT2D eigenvalue weighted by Gasteiger charge is 2.18. The molecule has 3 aromatic carbocycles. The first-order valence-electron chi connectivity index (χ1n) is 9.70. The zero-order chi connectivity index (χ0) is 19.9. The number of rotatable bonds is 8. The molecular weight excluding hydrogens is 350 g/mol. The van der Waals surface area contributed by atoms with E-state index in [1.165, 1.54) is 0 Å². The van der Waals surface area contributed by atoms with E-state index in [9.17, 15) is 4.79 Å². The van der Waals surface area contributed by atoms with Crippen molar-refractivity contribution < 1.29 is 14.3 Å². The standard InChI is InChI=1S/C24H27NO3/c1-4-22(28-21-12-11-19-7-5-6-8-20(19)16-21)24(26)25-13-14-27-23-15-17(2)9-10-18(23)3/h5-12,15-16,22H,4,13-14H2,1-3H3,(H,25,26)/t22-/m1/s1. The molecule has 3 rings (SSSR count). The topological polar surface area (TPSA) is 47.6 Å². The Morgan fingerprint density at radius 3 is 2.57 bits per heavy atom. The first-order valence-corrected chi connectivity index (χ1v) is 9.70. The molecule has 0 spiro atoms. The Morgan fingerprint density at radius 2 is 1.79 bits per heavy atom. The van der Waals surface area contributed by atoms with E-state index in [4.69, 9.17) is 9.47 Å². The van der Waals surface area contributed by atoms with E-state index in [-0.39, 0.29) is 5.91 Å². The molecule has 0 aromatic heterocycles. The lowest BCUT2D eigenvalue weighted by Gasteiger charge is -2.18. The van der Waals surface area contributed by atoms with Gasteiger partial charge in [0.05, 0.1) is 6.54 Å². The van der Waals surface area contributed by atoms with Gasteiger partial charge >= 0.3 is 0 Å². The van der Waals surface area contributed by atoms with E-state index < -0.39 is 6.10 Å². The molecule has 0 saturated heterocycles. The van der Waals surface area contributed by atoms with Crippen LogP contribution in [0.5, 0.6) is 11.5 Å². The Balaban J connectivity index is 1.52. The van der Waals surface area contributed by atoms with Crippen molar-refractivity contribution in [2.75, 3.05) is 13.2 Å². The van der Waals surface area contributed by atoms with Crippen molar-refractivity contribution in [3.05, 3.63) is 71.8 Å². The number of benzene rings is 3. The monoisotopic (exact) mass is 377 g/mol. The van der Waals surface area contributed by atoms with Gasteiger partial charge in [0.25, 0.3) is 5.91 Å². The van der Waals surface area contributed by atoms with Gasteiger partial charge in [0.2, 0.25) is 0 Å². The van der Waals surface area contributed by atoms with Gasteiger partial charge < -0.3 is 14.8 Å². The van der Waals surface area contributed by atoms with E-state index >= 15 is 0 Å². The van der Waals surface area contributed by atoms with Crippen LogP contribution in [0.4, 0.5) is 0 Å².